The summed E-state index contributed by atoms with van der Waals surface area (Å²) in [5.41, 5.74) is 1.16. The Bertz CT molecular complexity index is 595. The molecule has 2 unspecified atom stereocenters. The Balaban J connectivity index is 0.00000261. The topological polar surface area (TPSA) is 48.9 Å². The van der Waals surface area contributed by atoms with E-state index in [0.717, 1.165) is 55.9 Å². The molecule has 3 rings (SSSR count). The second kappa shape index (κ2) is 12.4. The summed E-state index contributed by atoms with van der Waals surface area (Å²) in [6.45, 7) is 5.12. The van der Waals surface area contributed by atoms with E-state index in [1.54, 1.807) is 0 Å². The van der Waals surface area contributed by atoms with Crippen molar-refractivity contribution in [3.05, 3.63) is 34.9 Å². The van der Waals surface area contributed by atoms with E-state index >= 15 is 0 Å². The van der Waals surface area contributed by atoms with Crippen molar-refractivity contribution in [2.24, 2.45) is 4.99 Å². The van der Waals surface area contributed by atoms with Crippen LogP contribution in [0.3, 0.4) is 0 Å². The average molecular weight is 525 g/mol. The van der Waals surface area contributed by atoms with Gasteiger partial charge in [-0.3, -0.25) is 9.89 Å². The Labute approximate surface area is 189 Å². The molecular weight excluding hydrogens is 495 g/mol. The highest BCUT2D eigenvalue weighted by atomic mass is 127. The van der Waals surface area contributed by atoms with Crippen molar-refractivity contribution in [2.45, 2.75) is 24.1 Å². The van der Waals surface area contributed by atoms with Crippen molar-refractivity contribution < 1.29 is 4.74 Å². The van der Waals surface area contributed by atoms with Crippen LogP contribution in [0.5, 0.6) is 0 Å². The fraction of sp³-hybridized carbons (Fsp3) is 0.632. The zero-order valence-electron chi connectivity index (χ0n) is 15.8. The van der Waals surface area contributed by atoms with Crippen molar-refractivity contribution in [1.82, 2.24) is 15.5 Å². The third-order valence-corrected chi connectivity index (χ3v) is 6.70. The van der Waals surface area contributed by atoms with Gasteiger partial charge in [0, 0.05) is 43.5 Å². The number of hydrogen-bond donors (Lipinski definition) is 2. The molecule has 2 heterocycles. The third-order valence-electron chi connectivity index (χ3n) is 4.96. The van der Waals surface area contributed by atoms with Crippen LogP contribution in [0.15, 0.2) is 29.3 Å². The fourth-order valence-corrected chi connectivity index (χ4v) is 4.96. The second-order valence-electron chi connectivity index (χ2n) is 6.65. The van der Waals surface area contributed by atoms with Gasteiger partial charge in [-0.25, -0.2) is 0 Å². The van der Waals surface area contributed by atoms with Gasteiger partial charge in [-0.1, -0.05) is 29.8 Å². The van der Waals surface area contributed by atoms with Crippen LogP contribution >= 0.6 is 47.3 Å². The molecule has 2 aliphatic rings. The van der Waals surface area contributed by atoms with E-state index in [9.17, 15) is 0 Å². The summed E-state index contributed by atoms with van der Waals surface area (Å²) in [7, 11) is 1.83. The first kappa shape index (κ1) is 23.1. The number of halogens is 2. The van der Waals surface area contributed by atoms with Crippen molar-refractivity contribution in [3.63, 3.8) is 0 Å². The van der Waals surface area contributed by atoms with Crippen LogP contribution in [-0.2, 0) is 4.74 Å². The summed E-state index contributed by atoms with van der Waals surface area (Å²) < 4.78 is 5.52. The van der Waals surface area contributed by atoms with Crippen molar-refractivity contribution in [3.8, 4) is 0 Å². The molecule has 1 aromatic carbocycles. The predicted octanol–water partition coefficient (Wildman–Crippen LogP) is 3.39. The first-order valence-electron chi connectivity index (χ1n) is 9.40. The highest BCUT2D eigenvalue weighted by molar-refractivity contribution is 14.0. The van der Waals surface area contributed by atoms with E-state index in [-0.39, 0.29) is 30.0 Å². The van der Waals surface area contributed by atoms with Crippen LogP contribution in [0.2, 0.25) is 5.02 Å². The van der Waals surface area contributed by atoms with Crippen LogP contribution < -0.4 is 10.6 Å². The number of guanidine groups is 1. The first-order chi connectivity index (χ1) is 12.8. The Morgan fingerprint density at radius 1 is 1.33 bits per heavy atom. The van der Waals surface area contributed by atoms with E-state index in [1.165, 1.54) is 18.6 Å². The zero-order valence-corrected chi connectivity index (χ0v) is 19.7. The maximum absolute atomic E-state index is 6.50. The summed E-state index contributed by atoms with van der Waals surface area (Å²) in [4.78, 5) is 6.83. The Morgan fingerprint density at radius 3 is 2.78 bits per heavy atom. The Kier molecular flexibility index (Phi) is 10.6. The minimum absolute atomic E-state index is 0. The summed E-state index contributed by atoms with van der Waals surface area (Å²) in [6, 6.07) is 8.32. The number of morpholine rings is 1. The minimum atomic E-state index is 0. The van der Waals surface area contributed by atoms with Crippen molar-refractivity contribution in [1.29, 1.82) is 0 Å². The molecule has 0 spiro atoms. The Morgan fingerprint density at radius 2 is 2.11 bits per heavy atom. The molecule has 0 bridgehead atoms. The van der Waals surface area contributed by atoms with Crippen molar-refractivity contribution >= 4 is 53.3 Å². The van der Waals surface area contributed by atoms with Gasteiger partial charge in [-0.2, -0.15) is 11.8 Å². The van der Waals surface area contributed by atoms with E-state index in [2.05, 4.69) is 44.4 Å². The van der Waals surface area contributed by atoms with Gasteiger partial charge in [0.1, 0.15) is 0 Å². The lowest BCUT2D eigenvalue weighted by atomic mass is 10.0. The highest BCUT2D eigenvalue weighted by Crippen LogP contribution is 2.28. The van der Waals surface area contributed by atoms with Crippen molar-refractivity contribution in [2.75, 3.05) is 52.2 Å². The fourth-order valence-electron chi connectivity index (χ4n) is 3.50. The second-order valence-corrected chi connectivity index (χ2v) is 8.47. The SMILES string of the molecule is CN=C(NCC1CCCS1)NCC(c1ccccc1Cl)N1CCOCC1.I. The number of aliphatic imine (C=N–C) groups is 1. The van der Waals surface area contributed by atoms with Gasteiger partial charge in [0.25, 0.3) is 0 Å². The summed E-state index contributed by atoms with van der Waals surface area (Å²) in [5.74, 6) is 2.15. The number of benzene rings is 1. The number of hydrogen-bond acceptors (Lipinski definition) is 4. The maximum atomic E-state index is 6.50. The molecule has 152 valence electrons. The number of nitrogens with zero attached hydrogens (tertiary/aromatic N) is 2. The lowest BCUT2D eigenvalue weighted by molar-refractivity contribution is 0.0170. The van der Waals surface area contributed by atoms with Crippen LogP contribution in [0.25, 0.3) is 0 Å². The number of nitrogens with one attached hydrogen (secondary N) is 2. The van der Waals surface area contributed by atoms with E-state index < -0.39 is 0 Å². The van der Waals surface area contributed by atoms with Crippen LogP contribution in [-0.4, -0.2) is 68.3 Å². The summed E-state index contributed by atoms with van der Waals surface area (Å²) >= 11 is 8.56. The molecule has 27 heavy (non-hydrogen) atoms. The highest BCUT2D eigenvalue weighted by Gasteiger charge is 2.24. The van der Waals surface area contributed by atoms with Gasteiger partial charge < -0.3 is 15.4 Å². The minimum Gasteiger partial charge on any atom is -0.379 e. The number of rotatable bonds is 6. The van der Waals surface area contributed by atoms with E-state index in [4.69, 9.17) is 16.3 Å². The quantitative estimate of drug-likeness (QED) is 0.339. The van der Waals surface area contributed by atoms with Crippen LogP contribution in [0.4, 0.5) is 0 Å². The number of ether oxygens (including phenoxy) is 1. The third kappa shape index (κ3) is 6.96. The van der Waals surface area contributed by atoms with Gasteiger partial charge in [0.15, 0.2) is 5.96 Å². The molecule has 5 nitrogen and oxygen atoms in total. The molecule has 2 saturated heterocycles. The molecule has 2 atom stereocenters. The predicted molar refractivity (Wildman–Crippen MR) is 127 cm³/mol. The normalized spacial score (nSPS) is 22.1. The molecule has 1 aromatic rings. The molecule has 8 heteroatoms. The van der Waals surface area contributed by atoms with E-state index in [1.807, 2.05) is 19.2 Å². The zero-order chi connectivity index (χ0) is 18.2. The van der Waals surface area contributed by atoms with E-state index in [0.29, 0.717) is 5.25 Å². The van der Waals surface area contributed by atoms with Crippen LogP contribution in [0, 0.1) is 0 Å². The van der Waals surface area contributed by atoms with Gasteiger partial charge in [-0.15, -0.1) is 24.0 Å². The smallest absolute Gasteiger partial charge is 0.191 e. The van der Waals surface area contributed by atoms with Gasteiger partial charge in [-0.05, 0) is 30.2 Å². The first-order valence-corrected chi connectivity index (χ1v) is 10.8. The summed E-state index contributed by atoms with van der Waals surface area (Å²) in [5, 5.41) is 8.50. The molecule has 0 saturated carbocycles. The van der Waals surface area contributed by atoms with Crippen LogP contribution in [0.1, 0.15) is 24.4 Å². The molecule has 0 aliphatic carbocycles. The molecule has 0 radical (unpaired) electrons. The molecule has 2 fully saturated rings. The average Bonchev–Trinajstić information content (AvgIpc) is 3.20. The maximum Gasteiger partial charge on any atom is 0.191 e. The van der Waals surface area contributed by atoms with Gasteiger partial charge in [0.2, 0.25) is 0 Å². The molecule has 2 N–H and O–H groups in total. The lowest BCUT2D eigenvalue weighted by Crippen LogP contribution is -2.47. The lowest BCUT2D eigenvalue weighted by Gasteiger charge is -2.35. The van der Waals surface area contributed by atoms with Gasteiger partial charge >= 0.3 is 0 Å². The summed E-state index contributed by atoms with van der Waals surface area (Å²) in [6.07, 6.45) is 2.62. The molecule has 0 aromatic heterocycles. The van der Waals surface area contributed by atoms with Gasteiger partial charge in [0.05, 0.1) is 19.3 Å². The molecule has 2 aliphatic heterocycles. The largest absolute Gasteiger partial charge is 0.379 e. The Hall–Kier alpha value is -0.220. The monoisotopic (exact) mass is 524 g/mol. The number of thioether (sulfide) groups is 1. The molecule has 0 amide bonds. The molecular formula is C19H30ClIN4OS. The standard InChI is InChI=1S/C19H29ClN4OS.HI/c1-21-19(22-13-15-5-4-12-26-15)23-14-18(24-8-10-25-11-9-24)16-6-2-3-7-17(16)20;/h2-3,6-7,15,18H,4-5,8-14H2,1H3,(H2,21,22,23);1H.